The summed E-state index contributed by atoms with van der Waals surface area (Å²) in [5.41, 5.74) is 5.12. The zero-order chi connectivity index (χ0) is 17.6. The van der Waals surface area contributed by atoms with Gasteiger partial charge in [0.25, 0.3) is 0 Å². The summed E-state index contributed by atoms with van der Waals surface area (Å²) < 4.78 is 6.56. The van der Waals surface area contributed by atoms with E-state index in [1.54, 1.807) is 11.1 Å². The fourth-order valence-electron chi connectivity index (χ4n) is 6.46. The van der Waals surface area contributed by atoms with E-state index in [9.17, 15) is 4.79 Å². The maximum Gasteiger partial charge on any atom is 0.171 e. The van der Waals surface area contributed by atoms with Gasteiger partial charge in [-0.1, -0.05) is 27.9 Å². The van der Waals surface area contributed by atoms with E-state index in [2.05, 4.69) is 29.0 Å². The Morgan fingerprint density at radius 2 is 2.08 bits per heavy atom. The third kappa shape index (κ3) is 3.06. The standard InChI is InChI=1S/C21H31BrO2Si/c1-25(2)24-20(13-22)21-10-3-4-19(21)18-7-5-14-12-15(23)6-8-16(14)17(18)9-11-21/h12,18-20,25H,3-11,13H2,1-2H3/t18-,19+,20?,21-/m1/s1. The molecule has 0 spiro atoms. The van der Waals surface area contributed by atoms with Crippen LogP contribution in [0.25, 0.3) is 0 Å². The molecule has 0 aromatic rings. The molecule has 0 radical (unpaired) electrons. The first-order chi connectivity index (χ1) is 12.0. The molecule has 0 saturated heterocycles. The van der Waals surface area contributed by atoms with Gasteiger partial charge in [0.15, 0.2) is 14.8 Å². The second-order valence-corrected chi connectivity index (χ2v) is 11.9. The number of carbonyl (C=O) groups excluding carboxylic acids is 1. The average molecular weight is 423 g/mol. The van der Waals surface area contributed by atoms with E-state index in [0.29, 0.717) is 17.3 Å². The fourth-order valence-corrected chi connectivity index (χ4v) is 8.56. The van der Waals surface area contributed by atoms with E-state index in [-0.39, 0.29) is 0 Å². The first-order valence-electron chi connectivity index (χ1n) is 10.2. The number of halogens is 1. The molecule has 2 fully saturated rings. The number of ketones is 1. The van der Waals surface area contributed by atoms with Crippen LogP contribution in [0, 0.1) is 17.3 Å². The van der Waals surface area contributed by atoms with E-state index < -0.39 is 9.04 Å². The molecule has 0 heterocycles. The number of fused-ring (bicyclic) bond motifs is 4. The number of rotatable bonds is 4. The summed E-state index contributed by atoms with van der Waals surface area (Å²) in [6.45, 7) is 4.62. The van der Waals surface area contributed by atoms with Gasteiger partial charge in [-0.3, -0.25) is 4.79 Å². The monoisotopic (exact) mass is 422 g/mol. The summed E-state index contributed by atoms with van der Waals surface area (Å²) >= 11 is 3.80. The van der Waals surface area contributed by atoms with Crippen LogP contribution in [0.5, 0.6) is 0 Å². The largest absolute Gasteiger partial charge is 0.416 e. The van der Waals surface area contributed by atoms with Crippen molar-refractivity contribution in [2.45, 2.75) is 77.0 Å². The van der Waals surface area contributed by atoms with Gasteiger partial charge >= 0.3 is 0 Å². The van der Waals surface area contributed by atoms with E-state index in [1.807, 2.05) is 6.08 Å². The number of alkyl halides is 1. The SMILES string of the molecule is C[SiH](C)OC(CBr)[C@@]12CCC[C@H]1[C@@H]1CCC3=CC(=O)CCC3=C1CC2. The van der Waals surface area contributed by atoms with Gasteiger partial charge in [0.05, 0.1) is 6.10 Å². The maximum absolute atomic E-state index is 11.8. The molecule has 0 amide bonds. The Morgan fingerprint density at radius 3 is 2.84 bits per heavy atom. The van der Waals surface area contributed by atoms with E-state index in [0.717, 1.165) is 36.4 Å². The summed E-state index contributed by atoms with van der Waals surface area (Å²) in [6.07, 6.45) is 13.2. The van der Waals surface area contributed by atoms with Gasteiger partial charge in [0.1, 0.15) is 0 Å². The Balaban J connectivity index is 1.67. The predicted molar refractivity (Wildman–Crippen MR) is 109 cm³/mol. The Hall–Kier alpha value is -0.193. The van der Waals surface area contributed by atoms with Crippen LogP contribution in [0.3, 0.4) is 0 Å². The van der Waals surface area contributed by atoms with Crippen LogP contribution < -0.4 is 0 Å². The Morgan fingerprint density at radius 1 is 1.24 bits per heavy atom. The molecule has 0 aromatic carbocycles. The minimum atomic E-state index is -1.03. The van der Waals surface area contributed by atoms with Crippen molar-refractivity contribution >= 4 is 30.8 Å². The third-order valence-electron chi connectivity index (χ3n) is 7.36. The lowest BCUT2D eigenvalue weighted by Crippen LogP contribution is -2.49. The Kier molecular flexibility index (Phi) is 5.15. The summed E-state index contributed by atoms with van der Waals surface area (Å²) in [7, 11) is -1.03. The normalized spacial score (nSPS) is 36.0. The van der Waals surface area contributed by atoms with Crippen molar-refractivity contribution < 1.29 is 9.22 Å². The van der Waals surface area contributed by atoms with Gasteiger partial charge in [-0.15, -0.1) is 0 Å². The summed E-state index contributed by atoms with van der Waals surface area (Å²) in [6, 6.07) is 0. The van der Waals surface area contributed by atoms with Crippen LogP contribution in [-0.2, 0) is 9.22 Å². The highest BCUT2D eigenvalue weighted by atomic mass is 79.9. The predicted octanol–water partition coefficient (Wildman–Crippen LogP) is 5.33. The molecule has 4 heteroatoms. The highest BCUT2D eigenvalue weighted by Crippen LogP contribution is 2.62. The molecule has 4 aliphatic carbocycles. The minimum absolute atomic E-state index is 0.346. The van der Waals surface area contributed by atoms with Crippen molar-refractivity contribution in [3.05, 3.63) is 22.8 Å². The zero-order valence-electron chi connectivity index (χ0n) is 15.7. The smallest absolute Gasteiger partial charge is 0.171 e. The van der Waals surface area contributed by atoms with Crippen molar-refractivity contribution in [3.8, 4) is 0 Å². The summed E-state index contributed by atoms with van der Waals surface area (Å²) in [4.78, 5) is 11.8. The second kappa shape index (κ2) is 7.08. The van der Waals surface area contributed by atoms with Gasteiger partial charge in [-0.2, -0.15) is 0 Å². The van der Waals surface area contributed by atoms with Crippen molar-refractivity contribution in [1.82, 2.24) is 0 Å². The summed E-state index contributed by atoms with van der Waals surface area (Å²) in [5.74, 6) is 1.91. The van der Waals surface area contributed by atoms with Crippen LogP contribution in [0.1, 0.15) is 57.8 Å². The molecule has 2 saturated carbocycles. The molecule has 4 rings (SSSR count). The van der Waals surface area contributed by atoms with Crippen molar-refractivity contribution in [2.75, 3.05) is 5.33 Å². The lowest BCUT2D eigenvalue weighted by molar-refractivity contribution is -0.114. The lowest BCUT2D eigenvalue weighted by Gasteiger charge is -2.52. The van der Waals surface area contributed by atoms with Gasteiger partial charge in [0.2, 0.25) is 0 Å². The quantitative estimate of drug-likeness (QED) is 0.452. The van der Waals surface area contributed by atoms with Gasteiger partial charge < -0.3 is 4.43 Å². The number of hydrogen-bond acceptors (Lipinski definition) is 2. The molecule has 4 aliphatic rings. The van der Waals surface area contributed by atoms with Gasteiger partial charge in [0, 0.05) is 11.8 Å². The molecule has 138 valence electrons. The Bertz CT molecular complexity index is 623. The van der Waals surface area contributed by atoms with Crippen LogP contribution in [0.4, 0.5) is 0 Å². The van der Waals surface area contributed by atoms with E-state index in [4.69, 9.17) is 4.43 Å². The molecule has 2 nitrogen and oxygen atoms in total. The van der Waals surface area contributed by atoms with E-state index in [1.165, 1.54) is 44.1 Å². The van der Waals surface area contributed by atoms with Crippen LogP contribution >= 0.6 is 15.9 Å². The molecule has 0 aliphatic heterocycles. The zero-order valence-corrected chi connectivity index (χ0v) is 18.4. The van der Waals surface area contributed by atoms with Crippen molar-refractivity contribution in [2.24, 2.45) is 17.3 Å². The van der Waals surface area contributed by atoms with Crippen LogP contribution in [0.15, 0.2) is 22.8 Å². The molecule has 0 aromatic heterocycles. The number of allylic oxidation sites excluding steroid dienone is 4. The van der Waals surface area contributed by atoms with Gasteiger partial charge in [-0.05, 0) is 92.5 Å². The molecular weight excluding hydrogens is 392 g/mol. The van der Waals surface area contributed by atoms with Crippen LogP contribution in [-0.4, -0.2) is 26.3 Å². The van der Waals surface area contributed by atoms with Crippen molar-refractivity contribution in [1.29, 1.82) is 0 Å². The molecule has 1 unspecified atom stereocenters. The van der Waals surface area contributed by atoms with Gasteiger partial charge in [-0.25, -0.2) is 0 Å². The van der Waals surface area contributed by atoms with Crippen LogP contribution in [0.2, 0.25) is 13.1 Å². The number of hydrogen-bond donors (Lipinski definition) is 0. The Labute approximate surface area is 162 Å². The first kappa shape index (κ1) is 18.2. The minimum Gasteiger partial charge on any atom is -0.416 e. The molecule has 4 atom stereocenters. The topological polar surface area (TPSA) is 26.3 Å². The summed E-state index contributed by atoms with van der Waals surface area (Å²) in [5, 5.41) is 0.993. The van der Waals surface area contributed by atoms with Crippen molar-refractivity contribution in [3.63, 3.8) is 0 Å². The molecular formula is C21H31BrO2Si. The highest BCUT2D eigenvalue weighted by molar-refractivity contribution is 9.09. The maximum atomic E-state index is 11.8. The third-order valence-corrected chi connectivity index (χ3v) is 8.82. The number of carbonyl (C=O) groups is 1. The highest BCUT2D eigenvalue weighted by Gasteiger charge is 2.55. The first-order valence-corrected chi connectivity index (χ1v) is 14.1. The molecule has 0 bridgehead atoms. The molecule has 0 N–H and O–H groups in total. The van der Waals surface area contributed by atoms with E-state index >= 15 is 0 Å². The fraction of sp³-hybridized carbons (Fsp3) is 0.762. The average Bonchev–Trinajstić information content (AvgIpc) is 3.04. The lowest BCUT2D eigenvalue weighted by atomic mass is 9.55. The second-order valence-electron chi connectivity index (χ2n) is 8.84. The molecule has 25 heavy (non-hydrogen) atoms.